The molecule has 0 aliphatic carbocycles. The van der Waals surface area contributed by atoms with Gasteiger partial charge in [-0.15, -0.1) is 0 Å². The zero-order valence-corrected chi connectivity index (χ0v) is 13.3. The van der Waals surface area contributed by atoms with Gasteiger partial charge >= 0.3 is 0 Å². The Hall–Kier alpha value is -2.05. The predicted molar refractivity (Wildman–Crippen MR) is 86.0 cm³/mol. The molecule has 0 bridgehead atoms. The SMILES string of the molecule is Cc1cc(C#N)ccc1Cn1ccc(CNC(C)(C)C)c1. The number of aryl methyl sites for hydroxylation is 1. The molecular formula is C18H23N3. The van der Waals surface area contributed by atoms with Crippen molar-refractivity contribution in [3.8, 4) is 6.07 Å². The number of hydrogen-bond acceptors (Lipinski definition) is 2. The second-order valence-corrected chi connectivity index (χ2v) is 6.55. The van der Waals surface area contributed by atoms with Crippen molar-refractivity contribution in [3.05, 3.63) is 58.9 Å². The van der Waals surface area contributed by atoms with Crippen molar-refractivity contribution in [1.29, 1.82) is 5.26 Å². The smallest absolute Gasteiger partial charge is 0.0991 e. The van der Waals surface area contributed by atoms with Crippen molar-refractivity contribution in [1.82, 2.24) is 9.88 Å². The lowest BCUT2D eigenvalue weighted by Crippen LogP contribution is -2.34. The second kappa shape index (κ2) is 6.15. The molecule has 2 rings (SSSR count). The molecular weight excluding hydrogens is 258 g/mol. The summed E-state index contributed by atoms with van der Waals surface area (Å²) in [6.07, 6.45) is 4.29. The highest BCUT2D eigenvalue weighted by atomic mass is 15.0. The van der Waals surface area contributed by atoms with Gasteiger partial charge in [-0.1, -0.05) is 6.07 Å². The molecule has 21 heavy (non-hydrogen) atoms. The monoisotopic (exact) mass is 281 g/mol. The highest BCUT2D eigenvalue weighted by molar-refractivity contribution is 5.37. The minimum Gasteiger partial charge on any atom is -0.350 e. The number of aromatic nitrogens is 1. The molecule has 1 heterocycles. The normalized spacial score (nSPS) is 11.4. The van der Waals surface area contributed by atoms with Gasteiger partial charge in [0.15, 0.2) is 0 Å². The maximum absolute atomic E-state index is 8.91. The first kappa shape index (κ1) is 15.3. The molecule has 0 saturated heterocycles. The summed E-state index contributed by atoms with van der Waals surface area (Å²) < 4.78 is 2.19. The second-order valence-electron chi connectivity index (χ2n) is 6.55. The Morgan fingerprint density at radius 2 is 2.00 bits per heavy atom. The van der Waals surface area contributed by atoms with Crippen LogP contribution in [0.4, 0.5) is 0 Å². The Balaban J connectivity index is 2.04. The Morgan fingerprint density at radius 1 is 1.24 bits per heavy atom. The van der Waals surface area contributed by atoms with Gasteiger partial charge in [0.25, 0.3) is 0 Å². The van der Waals surface area contributed by atoms with Gasteiger partial charge < -0.3 is 9.88 Å². The van der Waals surface area contributed by atoms with Crippen molar-refractivity contribution in [2.45, 2.75) is 46.3 Å². The molecule has 0 saturated carbocycles. The van der Waals surface area contributed by atoms with Crippen molar-refractivity contribution < 1.29 is 0 Å². The number of benzene rings is 1. The van der Waals surface area contributed by atoms with Crippen LogP contribution >= 0.6 is 0 Å². The summed E-state index contributed by atoms with van der Waals surface area (Å²) in [5.41, 5.74) is 4.55. The highest BCUT2D eigenvalue weighted by Crippen LogP contribution is 2.13. The molecule has 0 amide bonds. The summed E-state index contributed by atoms with van der Waals surface area (Å²) in [5.74, 6) is 0. The van der Waals surface area contributed by atoms with E-state index in [9.17, 15) is 0 Å². The third kappa shape index (κ3) is 4.47. The van der Waals surface area contributed by atoms with Gasteiger partial charge in [-0.3, -0.25) is 0 Å². The molecule has 110 valence electrons. The van der Waals surface area contributed by atoms with Crippen LogP contribution in [0.2, 0.25) is 0 Å². The van der Waals surface area contributed by atoms with Gasteiger partial charge in [0.2, 0.25) is 0 Å². The van der Waals surface area contributed by atoms with E-state index >= 15 is 0 Å². The lowest BCUT2D eigenvalue weighted by molar-refractivity contribution is 0.424. The van der Waals surface area contributed by atoms with Gasteiger partial charge in [0.1, 0.15) is 0 Å². The Kier molecular flexibility index (Phi) is 4.50. The number of rotatable bonds is 4. The van der Waals surface area contributed by atoms with E-state index < -0.39 is 0 Å². The van der Waals surface area contributed by atoms with Crippen LogP contribution in [0.3, 0.4) is 0 Å². The molecule has 3 nitrogen and oxygen atoms in total. The van der Waals surface area contributed by atoms with Gasteiger partial charge in [0, 0.05) is 31.0 Å². The summed E-state index contributed by atoms with van der Waals surface area (Å²) in [6, 6.07) is 10.2. The van der Waals surface area contributed by atoms with Crippen LogP contribution in [0.5, 0.6) is 0 Å². The van der Waals surface area contributed by atoms with Crippen molar-refractivity contribution in [2.24, 2.45) is 0 Å². The fraction of sp³-hybridized carbons (Fsp3) is 0.389. The standard InChI is InChI=1S/C18H23N3/c1-14-9-15(10-19)5-6-17(14)13-21-8-7-16(12-21)11-20-18(2,3)4/h5-9,12,20H,11,13H2,1-4H3. The van der Waals surface area contributed by atoms with Crippen LogP contribution in [0.25, 0.3) is 0 Å². The van der Waals surface area contributed by atoms with Crippen LogP contribution in [-0.2, 0) is 13.1 Å². The fourth-order valence-corrected chi connectivity index (χ4v) is 2.20. The zero-order chi connectivity index (χ0) is 15.5. The molecule has 1 aromatic carbocycles. The lowest BCUT2D eigenvalue weighted by Gasteiger charge is -2.19. The molecule has 0 unspecified atom stereocenters. The van der Waals surface area contributed by atoms with E-state index in [2.05, 4.69) is 62.1 Å². The zero-order valence-electron chi connectivity index (χ0n) is 13.3. The van der Waals surface area contributed by atoms with E-state index in [0.717, 1.165) is 24.2 Å². The van der Waals surface area contributed by atoms with Crippen molar-refractivity contribution in [3.63, 3.8) is 0 Å². The average Bonchev–Trinajstić information content (AvgIpc) is 2.86. The van der Waals surface area contributed by atoms with Gasteiger partial charge in [-0.05, 0) is 62.6 Å². The first-order valence-corrected chi connectivity index (χ1v) is 7.27. The van der Waals surface area contributed by atoms with Crippen molar-refractivity contribution >= 4 is 0 Å². The summed E-state index contributed by atoms with van der Waals surface area (Å²) in [4.78, 5) is 0. The number of nitrogens with one attached hydrogen (secondary N) is 1. The molecule has 0 aliphatic heterocycles. The maximum Gasteiger partial charge on any atom is 0.0991 e. The van der Waals surface area contributed by atoms with Crippen LogP contribution < -0.4 is 5.32 Å². The van der Waals surface area contributed by atoms with Gasteiger partial charge in [0.05, 0.1) is 11.6 Å². The summed E-state index contributed by atoms with van der Waals surface area (Å²) in [7, 11) is 0. The van der Waals surface area contributed by atoms with Crippen molar-refractivity contribution in [2.75, 3.05) is 0 Å². The summed E-state index contributed by atoms with van der Waals surface area (Å²) in [5, 5.41) is 12.4. The molecule has 0 radical (unpaired) electrons. The molecule has 0 atom stereocenters. The topological polar surface area (TPSA) is 40.8 Å². The number of nitriles is 1. The van der Waals surface area contributed by atoms with E-state index in [4.69, 9.17) is 5.26 Å². The van der Waals surface area contributed by atoms with Crippen LogP contribution in [0.15, 0.2) is 36.7 Å². The van der Waals surface area contributed by atoms with Gasteiger partial charge in [-0.2, -0.15) is 5.26 Å². The van der Waals surface area contributed by atoms with Gasteiger partial charge in [-0.25, -0.2) is 0 Å². The molecule has 1 aromatic heterocycles. The molecule has 3 heteroatoms. The molecule has 0 spiro atoms. The molecule has 0 fully saturated rings. The fourth-order valence-electron chi connectivity index (χ4n) is 2.20. The number of nitrogens with zero attached hydrogens (tertiary/aromatic N) is 2. The van der Waals surface area contributed by atoms with E-state index in [1.165, 1.54) is 11.1 Å². The van der Waals surface area contributed by atoms with E-state index in [1.807, 2.05) is 18.2 Å². The first-order chi connectivity index (χ1) is 9.87. The number of hydrogen-bond donors (Lipinski definition) is 1. The summed E-state index contributed by atoms with van der Waals surface area (Å²) >= 11 is 0. The third-order valence-corrected chi connectivity index (χ3v) is 3.46. The predicted octanol–water partition coefficient (Wildman–Crippen LogP) is 3.60. The first-order valence-electron chi connectivity index (χ1n) is 7.27. The Morgan fingerprint density at radius 3 is 2.62 bits per heavy atom. The highest BCUT2D eigenvalue weighted by Gasteiger charge is 2.09. The lowest BCUT2D eigenvalue weighted by atomic mass is 10.1. The van der Waals surface area contributed by atoms with E-state index in [-0.39, 0.29) is 5.54 Å². The maximum atomic E-state index is 8.91. The molecule has 1 N–H and O–H groups in total. The quantitative estimate of drug-likeness (QED) is 0.930. The molecule has 2 aromatic rings. The third-order valence-electron chi connectivity index (χ3n) is 3.46. The Bertz CT molecular complexity index is 654. The minimum absolute atomic E-state index is 0.131. The average molecular weight is 281 g/mol. The van der Waals surface area contributed by atoms with E-state index in [0.29, 0.717) is 0 Å². The molecule has 0 aliphatic rings. The van der Waals surface area contributed by atoms with Crippen LogP contribution in [0, 0.1) is 18.3 Å². The summed E-state index contributed by atoms with van der Waals surface area (Å²) in [6.45, 7) is 10.3. The minimum atomic E-state index is 0.131. The van der Waals surface area contributed by atoms with Crippen LogP contribution in [-0.4, -0.2) is 10.1 Å². The largest absolute Gasteiger partial charge is 0.350 e. The van der Waals surface area contributed by atoms with Crippen LogP contribution in [0.1, 0.15) is 43.0 Å². The van der Waals surface area contributed by atoms with E-state index in [1.54, 1.807) is 0 Å². The Labute approximate surface area is 127 Å².